The molecule has 0 amide bonds. The molecule has 5 heteroatoms. The minimum absolute atomic E-state index is 0.0486. The molecular weight excluding hydrogens is 859 g/mol. The van der Waals surface area contributed by atoms with Crippen molar-refractivity contribution in [1.29, 1.82) is 0 Å². The maximum absolute atomic E-state index is 13.3. The highest BCUT2D eigenvalue weighted by molar-refractivity contribution is 5.69. The largest absolute Gasteiger partial charge is 0.462 e. The van der Waals surface area contributed by atoms with E-state index in [-0.39, 0.29) is 24.1 Å². The Morgan fingerprint density at radius 2 is 1.21 bits per heavy atom. The molecule has 1 heterocycles. The molecule has 4 aliphatic carbocycles. The molecule has 1 aliphatic heterocycles. The number of carbonyl (C=O) groups excluding carboxylic acids is 2. The second-order valence-corrected chi connectivity index (χ2v) is 26.0. The van der Waals surface area contributed by atoms with E-state index in [2.05, 4.69) is 59.4 Å². The highest BCUT2D eigenvalue weighted by Crippen LogP contribution is 2.67. The number of nitrogens with zero attached hydrogens (tertiary/aromatic N) is 1. The smallest absolute Gasteiger partial charge is 0.306 e. The van der Waals surface area contributed by atoms with E-state index in [0.29, 0.717) is 23.7 Å². The Morgan fingerprint density at radius 3 is 1.87 bits per heavy atom. The number of hydrogen-bond donors (Lipinski definition) is 0. The molecule has 1 saturated heterocycles. The predicted molar refractivity (Wildman–Crippen MR) is 298 cm³/mol. The molecule has 0 bridgehead atoms. The molecule has 3 saturated carbocycles. The molecule has 9 atom stereocenters. The molecule has 406 valence electrons. The van der Waals surface area contributed by atoms with Gasteiger partial charge in [0.25, 0.3) is 0 Å². The van der Waals surface area contributed by atoms with Crippen molar-refractivity contribution in [3.8, 4) is 0 Å². The fourth-order valence-corrected chi connectivity index (χ4v) is 15.7. The van der Waals surface area contributed by atoms with Crippen LogP contribution in [0.15, 0.2) is 11.6 Å². The van der Waals surface area contributed by atoms with Gasteiger partial charge in [-0.05, 0) is 175 Å². The van der Waals surface area contributed by atoms with Gasteiger partial charge in [-0.2, -0.15) is 0 Å². The SMILES string of the molecule is CCCCCCCCC(CCCCCCCC)OC(=O)CCCCCCC(CCCCCC(=O)OC1CCC2(C)C(=CCC3C2CCC2(C)C(C(C)CCCC(C)C)CCC32)C1)CCN1CCCCC1. The summed E-state index contributed by atoms with van der Waals surface area (Å²) in [5.74, 6) is 6.02. The van der Waals surface area contributed by atoms with Crippen molar-refractivity contribution in [1.82, 2.24) is 4.90 Å². The lowest BCUT2D eigenvalue weighted by molar-refractivity contribution is -0.152. The number of hydrogen-bond acceptors (Lipinski definition) is 5. The molecule has 0 spiro atoms. The maximum Gasteiger partial charge on any atom is 0.306 e. The Labute approximate surface area is 435 Å². The number of esters is 2. The van der Waals surface area contributed by atoms with Gasteiger partial charge in [0.15, 0.2) is 0 Å². The third-order valence-corrected chi connectivity index (χ3v) is 20.2. The highest BCUT2D eigenvalue weighted by Gasteiger charge is 2.59. The first kappa shape index (κ1) is 59.5. The highest BCUT2D eigenvalue weighted by atomic mass is 16.5. The van der Waals surface area contributed by atoms with Gasteiger partial charge in [0.05, 0.1) is 0 Å². The second kappa shape index (κ2) is 32.8. The summed E-state index contributed by atoms with van der Waals surface area (Å²) in [6, 6.07) is 0. The van der Waals surface area contributed by atoms with Crippen molar-refractivity contribution in [2.45, 2.75) is 318 Å². The van der Waals surface area contributed by atoms with Crippen LogP contribution in [0.1, 0.15) is 305 Å². The molecule has 0 N–H and O–H groups in total. The van der Waals surface area contributed by atoms with Gasteiger partial charge in [-0.1, -0.05) is 195 Å². The van der Waals surface area contributed by atoms with Gasteiger partial charge in [-0.3, -0.25) is 9.59 Å². The summed E-state index contributed by atoms with van der Waals surface area (Å²) in [5.41, 5.74) is 2.47. The van der Waals surface area contributed by atoms with Gasteiger partial charge >= 0.3 is 11.9 Å². The van der Waals surface area contributed by atoms with E-state index in [1.54, 1.807) is 5.57 Å². The maximum atomic E-state index is 13.3. The Morgan fingerprint density at radius 1 is 0.614 bits per heavy atom. The third kappa shape index (κ3) is 19.7. The average molecular weight is 977 g/mol. The molecule has 0 aromatic carbocycles. The summed E-state index contributed by atoms with van der Waals surface area (Å²) >= 11 is 0. The topological polar surface area (TPSA) is 55.8 Å². The van der Waals surface area contributed by atoms with E-state index in [1.165, 1.54) is 212 Å². The van der Waals surface area contributed by atoms with E-state index in [0.717, 1.165) is 92.8 Å². The van der Waals surface area contributed by atoms with E-state index >= 15 is 0 Å². The molecule has 5 aliphatic rings. The van der Waals surface area contributed by atoms with E-state index in [9.17, 15) is 9.59 Å². The fraction of sp³-hybridized carbons (Fsp3) is 0.938. The van der Waals surface area contributed by atoms with Gasteiger partial charge in [-0.15, -0.1) is 0 Å². The molecule has 9 unspecified atom stereocenters. The number of carbonyl (C=O) groups is 2. The number of fused-ring (bicyclic) bond motifs is 5. The van der Waals surface area contributed by atoms with Crippen molar-refractivity contribution in [3.63, 3.8) is 0 Å². The monoisotopic (exact) mass is 976 g/mol. The summed E-state index contributed by atoms with van der Waals surface area (Å²) in [6.07, 6.45) is 52.0. The quantitative estimate of drug-likeness (QED) is 0.0353. The van der Waals surface area contributed by atoms with Crippen molar-refractivity contribution in [2.24, 2.45) is 52.3 Å². The normalized spacial score (nSPS) is 27.7. The van der Waals surface area contributed by atoms with Gasteiger partial charge in [0, 0.05) is 19.3 Å². The number of likely N-dealkylation sites (tertiary alicyclic amines) is 1. The summed E-state index contributed by atoms with van der Waals surface area (Å²) in [4.78, 5) is 29.1. The lowest BCUT2D eigenvalue weighted by Gasteiger charge is -2.58. The Bertz CT molecular complexity index is 1430. The molecule has 5 nitrogen and oxygen atoms in total. The average Bonchev–Trinajstić information content (AvgIpc) is 3.71. The summed E-state index contributed by atoms with van der Waals surface area (Å²) in [7, 11) is 0. The first-order chi connectivity index (χ1) is 34.0. The summed E-state index contributed by atoms with van der Waals surface area (Å²) in [5, 5.41) is 0. The molecule has 4 fully saturated rings. The van der Waals surface area contributed by atoms with E-state index in [1.807, 2.05) is 0 Å². The molecule has 70 heavy (non-hydrogen) atoms. The van der Waals surface area contributed by atoms with Crippen LogP contribution in [0.3, 0.4) is 0 Å². The second-order valence-electron chi connectivity index (χ2n) is 26.0. The van der Waals surface area contributed by atoms with Crippen molar-refractivity contribution in [3.05, 3.63) is 11.6 Å². The first-order valence-electron chi connectivity index (χ1n) is 31.8. The van der Waals surface area contributed by atoms with Crippen LogP contribution in [0.25, 0.3) is 0 Å². The number of unbranched alkanes of at least 4 members (excludes halogenated alkanes) is 15. The zero-order valence-electron chi connectivity index (χ0n) is 47.8. The van der Waals surface area contributed by atoms with Crippen LogP contribution in [-0.2, 0) is 19.1 Å². The molecule has 0 radical (unpaired) electrons. The summed E-state index contributed by atoms with van der Waals surface area (Å²) < 4.78 is 12.4. The molecule has 5 rings (SSSR count). The van der Waals surface area contributed by atoms with Crippen LogP contribution in [0, 0.1) is 52.3 Å². The lowest BCUT2D eigenvalue weighted by atomic mass is 9.47. The fourth-order valence-electron chi connectivity index (χ4n) is 15.7. The number of rotatable bonds is 37. The van der Waals surface area contributed by atoms with Crippen LogP contribution in [0.2, 0.25) is 0 Å². The Hall–Kier alpha value is -1.36. The summed E-state index contributed by atoms with van der Waals surface area (Å²) in [6.45, 7) is 21.0. The van der Waals surface area contributed by atoms with Crippen LogP contribution < -0.4 is 0 Å². The lowest BCUT2D eigenvalue weighted by Crippen LogP contribution is -2.51. The van der Waals surface area contributed by atoms with Crippen LogP contribution in [0.4, 0.5) is 0 Å². The molecule has 0 aromatic rings. The van der Waals surface area contributed by atoms with Gasteiger partial charge in [-0.25, -0.2) is 0 Å². The van der Waals surface area contributed by atoms with Crippen LogP contribution in [-0.4, -0.2) is 48.7 Å². The minimum atomic E-state index is 0.0486. The number of allylic oxidation sites excluding steroid dienone is 1. The molecular formula is C65H117NO4. The van der Waals surface area contributed by atoms with Crippen molar-refractivity contribution < 1.29 is 19.1 Å². The van der Waals surface area contributed by atoms with Crippen molar-refractivity contribution >= 4 is 11.9 Å². The zero-order chi connectivity index (χ0) is 50.0. The van der Waals surface area contributed by atoms with Crippen LogP contribution in [0.5, 0.6) is 0 Å². The zero-order valence-corrected chi connectivity index (χ0v) is 47.8. The van der Waals surface area contributed by atoms with Crippen LogP contribution >= 0.6 is 0 Å². The van der Waals surface area contributed by atoms with Crippen molar-refractivity contribution in [2.75, 3.05) is 19.6 Å². The predicted octanol–water partition coefficient (Wildman–Crippen LogP) is 19.1. The van der Waals surface area contributed by atoms with E-state index in [4.69, 9.17) is 9.47 Å². The van der Waals surface area contributed by atoms with E-state index < -0.39 is 0 Å². The number of piperidine rings is 1. The number of ether oxygens (including phenoxy) is 2. The first-order valence-corrected chi connectivity index (χ1v) is 31.8. The van der Waals surface area contributed by atoms with Gasteiger partial charge in [0.2, 0.25) is 0 Å². The van der Waals surface area contributed by atoms with Gasteiger partial charge < -0.3 is 14.4 Å². The van der Waals surface area contributed by atoms with Gasteiger partial charge in [0.1, 0.15) is 12.2 Å². The standard InChI is InChI=1S/C65H117NO4/c1-8-10-12-14-16-24-35-56(36-25-17-15-13-11-9-2)69-62(67)37-26-19-18-22-33-54(45-50-66-48-28-21-29-49-66)34-23-20-27-38-63(68)70-57-43-46-64(6)55(51-57)39-40-58-60-42-41-59(53(5)32-30-31-52(3)4)65(60,7)47-44-61(58)64/h39,52-54,56-61H,8-38,40-51H2,1-7H3. The minimum Gasteiger partial charge on any atom is -0.462 e. The molecule has 0 aromatic heterocycles. The third-order valence-electron chi connectivity index (χ3n) is 20.2. The Balaban J connectivity index is 0.974. The Kier molecular flexibility index (Phi) is 27.9.